The molecule has 196 valence electrons. The zero-order chi connectivity index (χ0) is 27.4. The molecular weight excluding hydrogens is 504 g/mol. The topological polar surface area (TPSA) is 154 Å². The summed E-state index contributed by atoms with van der Waals surface area (Å²) >= 11 is 0.765. The Labute approximate surface area is 223 Å². The zero-order valence-electron chi connectivity index (χ0n) is 21.2. The van der Waals surface area contributed by atoms with Crippen LogP contribution in [0, 0.1) is 13.8 Å². The van der Waals surface area contributed by atoms with Gasteiger partial charge in [0.25, 0.3) is 11.8 Å². The molecule has 10 nitrogen and oxygen atoms in total. The molecule has 0 radical (unpaired) electrons. The molecule has 38 heavy (non-hydrogen) atoms. The van der Waals surface area contributed by atoms with Crippen molar-refractivity contribution in [2.75, 3.05) is 30.9 Å². The summed E-state index contributed by atoms with van der Waals surface area (Å²) in [6.45, 7) is 4.28. The van der Waals surface area contributed by atoms with E-state index < -0.39 is 23.8 Å². The number of primary amides is 1. The quantitative estimate of drug-likeness (QED) is 0.280. The lowest BCUT2D eigenvalue weighted by Gasteiger charge is -2.32. The van der Waals surface area contributed by atoms with Crippen LogP contribution >= 0.6 is 11.5 Å². The van der Waals surface area contributed by atoms with E-state index in [4.69, 9.17) is 16.2 Å². The van der Waals surface area contributed by atoms with Crippen LogP contribution in [0.1, 0.15) is 42.9 Å². The average molecular weight is 533 g/mol. The molecular formula is C27H28N6O4S. The van der Waals surface area contributed by atoms with Crippen molar-refractivity contribution in [3.63, 3.8) is 0 Å². The normalized spacial score (nSPS) is 11.8. The average Bonchev–Trinajstić information content (AvgIpc) is 3.29. The van der Waals surface area contributed by atoms with Gasteiger partial charge in [-0.2, -0.15) is 4.37 Å². The highest BCUT2D eigenvalue weighted by Gasteiger charge is 2.36. The Morgan fingerprint density at radius 3 is 2.63 bits per heavy atom. The van der Waals surface area contributed by atoms with Crippen LogP contribution in [0.4, 0.5) is 11.4 Å². The number of nitrogens with zero attached hydrogens (tertiary/aromatic N) is 3. The number of rotatable bonds is 9. The maximum atomic E-state index is 14.2. The van der Waals surface area contributed by atoms with Crippen LogP contribution in [0.3, 0.4) is 0 Å². The summed E-state index contributed by atoms with van der Waals surface area (Å²) in [4.78, 5) is 45.6. The number of hydrogen-bond acceptors (Lipinski definition) is 8. The van der Waals surface area contributed by atoms with Gasteiger partial charge in [-0.15, -0.1) is 0 Å². The first kappa shape index (κ1) is 26.7. The Kier molecular flexibility index (Phi) is 7.99. The van der Waals surface area contributed by atoms with E-state index in [0.29, 0.717) is 17.9 Å². The third kappa shape index (κ3) is 5.34. The number of aromatic nitrogens is 2. The largest absolute Gasteiger partial charge is 0.395 e. The first-order valence-electron chi connectivity index (χ1n) is 11.8. The van der Waals surface area contributed by atoms with Crippen LogP contribution < -0.4 is 21.7 Å². The summed E-state index contributed by atoms with van der Waals surface area (Å²) in [5, 5.41) is 3.67. The first-order chi connectivity index (χ1) is 18.2. The van der Waals surface area contributed by atoms with Crippen LogP contribution in [0.25, 0.3) is 10.9 Å². The molecule has 2 heterocycles. The molecule has 2 aromatic carbocycles. The number of ether oxygens (including phenoxy) is 1. The smallest absolute Gasteiger partial charge is 0.273 e. The van der Waals surface area contributed by atoms with Gasteiger partial charge >= 0.3 is 0 Å². The minimum Gasteiger partial charge on any atom is -0.395 e. The van der Waals surface area contributed by atoms with E-state index in [0.717, 1.165) is 33.6 Å². The maximum absolute atomic E-state index is 14.2. The Morgan fingerprint density at radius 2 is 1.92 bits per heavy atom. The molecule has 0 spiro atoms. The predicted octanol–water partition coefficient (Wildman–Crippen LogP) is 3.14. The van der Waals surface area contributed by atoms with Gasteiger partial charge in [-0.25, -0.2) is 0 Å². The third-order valence-electron chi connectivity index (χ3n) is 6.05. The summed E-state index contributed by atoms with van der Waals surface area (Å²) in [5.41, 5.74) is 14.7. The number of aryl methyl sites for hydroxylation is 2. The monoisotopic (exact) mass is 532 g/mol. The SMILES string of the molecule is COCCNC(=O)[C@@H](c1ccc2ncccc2c1)N(C(=O)c1snc(C(N)=O)c1N)c1cc(C)ccc1C. The zero-order valence-corrected chi connectivity index (χ0v) is 22.0. The van der Waals surface area contributed by atoms with Crippen molar-refractivity contribution in [1.29, 1.82) is 0 Å². The number of amides is 3. The minimum atomic E-state index is -1.09. The van der Waals surface area contributed by atoms with E-state index in [-0.39, 0.29) is 22.8 Å². The second-order valence-corrected chi connectivity index (χ2v) is 9.52. The Bertz CT molecular complexity index is 1520. The third-order valence-corrected chi connectivity index (χ3v) is 6.90. The number of nitrogens with two attached hydrogens (primary N) is 2. The van der Waals surface area contributed by atoms with Crippen molar-refractivity contribution in [2.24, 2.45) is 5.73 Å². The summed E-state index contributed by atoms with van der Waals surface area (Å²) in [7, 11) is 1.54. The lowest BCUT2D eigenvalue weighted by atomic mass is 9.99. The number of pyridine rings is 1. The molecule has 0 aliphatic carbocycles. The van der Waals surface area contributed by atoms with Crippen molar-refractivity contribution in [3.05, 3.63) is 82.0 Å². The fourth-order valence-electron chi connectivity index (χ4n) is 4.14. The van der Waals surface area contributed by atoms with Crippen molar-refractivity contribution >= 4 is 51.5 Å². The molecule has 11 heteroatoms. The fraction of sp³-hybridized carbons (Fsp3) is 0.222. The molecule has 3 amide bonds. The Hall–Kier alpha value is -4.35. The highest BCUT2D eigenvalue weighted by molar-refractivity contribution is 7.09. The van der Waals surface area contributed by atoms with Gasteiger partial charge in [0.2, 0.25) is 5.91 Å². The van der Waals surface area contributed by atoms with Gasteiger partial charge in [-0.1, -0.05) is 24.3 Å². The van der Waals surface area contributed by atoms with Crippen LogP contribution in [0.5, 0.6) is 0 Å². The highest BCUT2D eigenvalue weighted by Crippen LogP contribution is 2.36. The standard InChI is InChI=1S/C27H28N6O4S/c1-15-6-7-16(2)20(13-15)33(27(36)24-21(28)22(25(29)34)32-38-24)23(26(35)31-11-12-37-3)18-8-9-19-17(14-18)5-4-10-30-19/h4-10,13-14,23H,11-12,28H2,1-3H3,(H2,29,34)(H,31,35)/t23-/m1/s1. The summed E-state index contributed by atoms with van der Waals surface area (Å²) in [5.74, 6) is -1.84. The molecule has 0 bridgehead atoms. The van der Waals surface area contributed by atoms with Crippen molar-refractivity contribution < 1.29 is 19.1 Å². The number of nitrogens with one attached hydrogen (secondary N) is 1. The second-order valence-electron chi connectivity index (χ2n) is 8.75. The van der Waals surface area contributed by atoms with E-state index in [1.165, 1.54) is 12.0 Å². The van der Waals surface area contributed by atoms with E-state index in [1.807, 2.05) is 44.2 Å². The lowest BCUT2D eigenvalue weighted by molar-refractivity contribution is -0.122. The number of benzene rings is 2. The molecule has 0 saturated carbocycles. The highest BCUT2D eigenvalue weighted by atomic mass is 32.1. The van der Waals surface area contributed by atoms with Gasteiger partial charge < -0.3 is 21.5 Å². The molecule has 1 atom stereocenters. The minimum absolute atomic E-state index is 0.0110. The molecule has 0 aliphatic rings. The van der Waals surface area contributed by atoms with Crippen molar-refractivity contribution in [1.82, 2.24) is 14.7 Å². The summed E-state index contributed by atoms with van der Waals surface area (Å²) in [6.07, 6.45) is 1.69. The predicted molar refractivity (Wildman–Crippen MR) is 147 cm³/mol. The molecule has 0 aliphatic heterocycles. The number of carbonyl (C=O) groups excluding carboxylic acids is 3. The van der Waals surface area contributed by atoms with Gasteiger partial charge in [0, 0.05) is 30.9 Å². The van der Waals surface area contributed by atoms with Crippen LogP contribution in [0.2, 0.25) is 0 Å². The van der Waals surface area contributed by atoms with E-state index in [9.17, 15) is 14.4 Å². The number of methoxy groups -OCH3 is 1. The molecule has 0 saturated heterocycles. The van der Waals surface area contributed by atoms with Crippen molar-refractivity contribution in [3.8, 4) is 0 Å². The van der Waals surface area contributed by atoms with Gasteiger partial charge in [-0.05, 0) is 66.3 Å². The molecule has 0 fully saturated rings. The van der Waals surface area contributed by atoms with Crippen molar-refractivity contribution in [2.45, 2.75) is 19.9 Å². The van der Waals surface area contributed by atoms with Crippen LogP contribution in [-0.2, 0) is 9.53 Å². The molecule has 4 rings (SSSR count). The Balaban J connectivity index is 1.94. The van der Waals surface area contributed by atoms with Crippen LogP contribution in [0.15, 0.2) is 54.7 Å². The van der Waals surface area contributed by atoms with E-state index in [1.54, 1.807) is 24.4 Å². The number of nitrogen functional groups attached to an aromatic ring is 1. The lowest BCUT2D eigenvalue weighted by Crippen LogP contribution is -2.45. The molecule has 0 unspecified atom stereocenters. The molecule has 4 aromatic rings. The van der Waals surface area contributed by atoms with Gasteiger partial charge in [0.1, 0.15) is 10.9 Å². The number of carbonyl (C=O) groups is 3. The molecule has 2 aromatic heterocycles. The Morgan fingerprint density at radius 1 is 1.13 bits per heavy atom. The van der Waals surface area contributed by atoms with Crippen LogP contribution in [-0.4, -0.2) is 47.3 Å². The van der Waals surface area contributed by atoms with Gasteiger partial charge in [-0.3, -0.25) is 24.3 Å². The first-order valence-corrected chi connectivity index (χ1v) is 12.6. The number of anilines is 2. The number of fused-ring (bicyclic) bond motifs is 1. The second kappa shape index (κ2) is 11.4. The van der Waals surface area contributed by atoms with E-state index in [2.05, 4.69) is 14.7 Å². The van der Waals surface area contributed by atoms with E-state index >= 15 is 0 Å². The molecule has 5 N–H and O–H groups in total. The summed E-state index contributed by atoms with van der Waals surface area (Å²) in [6, 6.07) is 13.6. The summed E-state index contributed by atoms with van der Waals surface area (Å²) < 4.78 is 9.10. The maximum Gasteiger partial charge on any atom is 0.273 e. The van der Waals surface area contributed by atoms with Gasteiger partial charge in [0.05, 0.1) is 17.8 Å². The van der Waals surface area contributed by atoms with Gasteiger partial charge in [0.15, 0.2) is 5.69 Å². The fourth-order valence-corrected chi connectivity index (χ4v) is 4.88. The number of hydrogen-bond donors (Lipinski definition) is 3.